The van der Waals surface area contributed by atoms with Gasteiger partial charge in [0.25, 0.3) is 0 Å². The van der Waals surface area contributed by atoms with Gasteiger partial charge in [-0.2, -0.15) is 0 Å². The van der Waals surface area contributed by atoms with E-state index in [-0.39, 0.29) is 12.5 Å². The number of nitrogens with one attached hydrogen (secondary N) is 1. The van der Waals surface area contributed by atoms with E-state index in [1.54, 1.807) is 20.8 Å². The van der Waals surface area contributed by atoms with Crippen LogP contribution < -0.4 is 5.32 Å². The summed E-state index contributed by atoms with van der Waals surface area (Å²) in [7, 11) is 0. The minimum absolute atomic E-state index is 0.00154. The molecule has 5 nitrogen and oxygen atoms in total. The Labute approximate surface area is 138 Å². The van der Waals surface area contributed by atoms with Crippen LogP contribution in [0.3, 0.4) is 0 Å². The maximum atomic E-state index is 12.0. The minimum Gasteiger partial charge on any atom is -0.444 e. The van der Waals surface area contributed by atoms with E-state index in [4.69, 9.17) is 9.84 Å². The fourth-order valence-electron chi connectivity index (χ4n) is 2.26. The number of hydrogen-bond acceptors (Lipinski definition) is 4. The van der Waals surface area contributed by atoms with Crippen molar-refractivity contribution in [2.45, 2.75) is 58.3 Å². The van der Waals surface area contributed by atoms with Crippen LogP contribution in [0.2, 0.25) is 0 Å². The first-order chi connectivity index (χ1) is 10.7. The van der Waals surface area contributed by atoms with Crippen LogP contribution in [0.1, 0.15) is 39.7 Å². The van der Waals surface area contributed by atoms with Gasteiger partial charge in [0.05, 0.1) is 12.1 Å². The van der Waals surface area contributed by atoms with Crippen molar-refractivity contribution in [3.8, 4) is 0 Å². The lowest BCUT2D eigenvalue weighted by Crippen LogP contribution is -2.47. The summed E-state index contributed by atoms with van der Waals surface area (Å²) >= 11 is 0. The molecule has 1 aromatic carbocycles. The lowest BCUT2D eigenvalue weighted by molar-refractivity contribution is 0.0380. The van der Waals surface area contributed by atoms with E-state index >= 15 is 0 Å². The highest BCUT2D eigenvalue weighted by atomic mass is 16.6. The van der Waals surface area contributed by atoms with Crippen molar-refractivity contribution in [1.29, 1.82) is 0 Å². The largest absolute Gasteiger partial charge is 0.444 e. The SMILES string of the molecule is CC(CO)CC(O)C(Cc1ccccc1)NC(=O)OC(C)(C)C. The van der Waals surface area contributed by atoms with Crippen molar-refractivity contribution in [1.82, 2.24) is 5.32 Å². The highest BCUT2D eigenvalue weighted by Crippen LogP contribution is 2.14. The topological polar surface area (TPSA) is 78.8 Å². The lowest BCUT2D eigenvalue weighted by Gasteiger charge is -2.28. The number of carbonyl (C=O) groups excluding carboxylic acids is 1. The first-order valence-electron chi connectivity index (χ1n) is 8.03. The number of aliphatic hydroxyl groups excluding tert-OH is 2. The predicted molar refractivity (Wildman–Crippen MR) is 90.2 cm³/mol. The molecule has 1 rings (SSSR count). The lowest BCUT2D eigenvalue weighted by atomic mass is 9.94. The number of ether oxygens (including phenoxy) is 1. The predicted octanol–water partition coefficient (Wildman–Crippen LogP) is 2.50. The van der Waals surface area contributed by atoms with Gasteiger partial charge >= 0.3 is 6.09 Å². The van der Waals surface area contributed by atoms with E-state index in [2.05, 4.69) is 5.32 Å². The summed E-state index contributed by atoms with van der Waals surface area (Å²) in [6.07, 6.45) is -0.401. The molecule has 0 saturated carbocycles. The smallest absolute Gasteiger partial charge is 0.407 e. The first-order valence-corrected chi connectivity index (χ1v) is 8.03. The highest BCUT2D eigenvalue weighted by molar-refractivity contribution is 5.68. The van der Waals surface area contributed by atoms with Crippen molar-refractivity contribution in [3.05, 3.63) is 35.9 Å². The van der Waals surface area contributed by atoms with Crippen molar-refractivity contribution in [2.24, 2.45) is 5.92 Å². The normalized spacial score (nSPS) is 15.6. The molecule has 3 atom stereocenters. The van der Waals surface area contributed by atoms with E-state index in [1.165, 1.54) is 0 Å². The summed E-state index contributed by atoms with van der Waals surface area (Å²) in [5, 5.41) is 22.4. The van der Waals surface area contributed by atoms with Gasteiger partial charge in [0.1, 0.15) is 5.60 Å². The van der Waals surface area contributed by atoms with Crippen LogP contribution in [0.5, 0.6) is 0 Å². The molecule has 1 amide bonds. The van der Waals surface area contributed by atoms with Gasteiger partial charge in [-0.25, -0.2) is 4.79 Å². The molecule has 0 spiro atoms. The first kappa shape index (κ1) is 19.5. The fourth-order valence-corrected chi connectivity index (χ4v) is 2.26. The van der Waals surface area contributed by atoms with Crippen LogP contribution in [0.4, 0.5) is 4.79 Å². The van der Waals surface area contributed by atoms with Crippen molar-refractivity contribution < 1.29 is 19.7 Å². The Morgan fingerprint density at radius 3 is 2.39 bits per heavy atom. The van der Waals surface area contributed by atoms with Crippen LogP contribution in [0.25, 0.3) is 0 Å². The zero-order chi connectivity index (χ0) is 17.5. The molecule has 5 heteroatoms. The Morgan fingerprint density at radius 1 is 1.26 bits per heavy atom. The van der Waals surface area contributed by atoms with Crippen LogP contribution >= 0.6 is 0 Å². The molecule has 0 bridgehead atoms. The van der Waals surface area contributed by atoms with Gasteiger partial charge in [0.2, 0.25) is 0 Å². The fraction of sp³-hybridized carbons (Fsp3) is 0.611. The molecule has 0 aliphatic heterocycles. The molecule has 0 aliphatic carbocycles. The molecule has 0 radical (unpaired) electrons. The van der Waals surface area contributed by atoms with E-state index in [0.29, 0.717) is 12.8 Å². The number of benzene rings is 1. The van der Waals surface area contributed by atoms with Gasteiger partial charge < -0.3 is 20.3 Å². The van der Waals surface area contributed by atoms with Gasteiger partial charge in [-0.1, -0.05) is 37.3 Å². The summed E-state index contributed by atoms with van der Waals surface area (Å²) in [4.78, 5) is 12.0. The standard InChI is InChI=1S/C18H29NO4/c1-13(12-20)10-16(21)15(11-14-8-6-5-7-9-14)19-17(22)23-18(2,3)4/h5-9,13,15-16,20-21H,10-12H2,1-4H3,(H,19,22). The van der Waals surface area contributed by atoms with Crippen molar-refractivity contribution in [3.63, 3.8) is 0 Å². The van der Waals surface area contributed by atoms with Crippen LogP contribution in [0, 0.1) is 5.92 Å². The molecule has 3 N–H and O–H groups in total. The Kier molecular flexibility index (Phi) is 7.52. The molecule has 0 saturated heterocycles. The van der Waals surface area contributed by atoms with Crippen LogP contribution in [-0.2, 0) is 11.2 Å². The van der Waals surface area contributed by atoms with E-state index in [9.17, 15) is 9.90 Å². The third kappa shape index (κ3) is 8.00. The maximum absolute atomic E-state index is 12.0. The zero-order valence-electron chi connectivity index (χ0n) is 14.5. The molecule has 1 aromatic rings. The molecule has 23 heavy (non-hydrogen) atoms. The van der Waals surface area contributed by atoms with Gasteiger partial charge in [0.15, 0.2) is 0 Å². The number of amides is 1. The molecule has 0 fully saturated rings. The minimum atomic E-state index is -0.759. The third-order valence-electron chi connectivity index (χ3n) is 3.42. The zero-order valence-corrected chi connectivity index (χ0v) is 14.5. The Morgan fingerprint density at radius 2 is 1.87 bits per heavy atom. The maximum Gasteiger partial charge on any atom is 0.407 e. The number of rotatable bonds is 7. The average Bonchev–Trinajstić information content (AvgIpc) is 2.45. The van der Waals surface area contributed by atoms with Crippen LogP contribution in [-0.4, -0.2) is 40.7 Å². The van der Waals surface area contributed by atoms with E-state index in [1.807, 2.05) is 37.3 Å². The van der Waals surface area contributed by atoms with Gasteiger partial charge in [0, 0.05) is 6.61 Å². The van der Waals surface area contributed by atoms with Crippen LogP contribution in [0.15, 0.2) is 30.3 Å². The second-order valence-electron chi connectivity index (χ2n) is 7.03. The molecule has 0 aliphatic rings. The van der Waals surface area contributed by atoms with Gasteiger partial charge in [-0.3, -0.25) is 0 Å². The van der Waals surface area contributed by atoms with Crippen molar-refractivity contribution in [2.75, 3.05) is 6.61 Å². The third-order valence-corrected chi connectivity index (χ3v) is 3.42. The summed E-state index contributed by atoms with van der Waals surface area (Å²) < 4.78 is 5.28. The van der Waals surface area contributed by atoms with Gasteiger partial charge in [-0.15, -0.1) is 0 Å². The van der Waals surface area contributed by atoms with E-state index in [0.717, 1.165) is 5.56 Å². The number of carbonyl (C=O) groups is 1. The molecule has 130 valence electrons. The molecular formula is C18H29NO4. The summed E-state index contributed by atoms with van der Waals surface area (Å²) in [6, 6.07) is 9.19. The number of aliphatic hydroxyl groups is 2. The Bertz CT molecular complexity index is 470. The number of hydrogen-bond donors (Lipinski definition) is 3. The Hall–Kier alpha value is -1.59. The van der Waals surface area contributed by atoms with Crippen molar-refractivity contribution >= 4 is 6.09 Å². The quantitative estimate of drug-likeness (QED) is 0.720. The second-order valence-corrected chi connectivity index (χ2v) is 7.03. The molecule has 3 unspecified atom stereocenters. The number of alkyl carbamates (subject to hydrolysis) is 1. The molecule has 0 heterocycles. The van der Waals surface area contributed by atoms with Gasteiger partial charge in [-0.05, 0) is 45.1 Å². The summed E-state index contributed by atoms with van der Waals surface area (Å²) in [5.41, 5.74) is 0.425. The monoisotopic (exact) mass is 323 g/mol. The average molecular weight is 323 g/mol. The summed E-state index contributed by atoms with van der Waals surface area (Å²) in [5.74, 6) is -0.0382. The molecule has 0 aromatic heterocycles. The summed E-state index contributed by atoms with van der Waals surface area (Å²) in [6.45, 7) is 7.24. The van der Waals surface area contributed by atoms with E-state index < -0.39 is 23.8 Å². The highest BCUT2D eigenvalue weighted by Gasteiger charge is 2.26. The Balaban J connectivity index is 2.77. The second kappa shape index (κ2) is 8.89. The molecular weight excluding hydrogens is 294 g/mol.